The minimum atomic E-state index is -0.261. The fourth-order valence-corrected chi connectivity index (χ4v) is 5.20. The Hall–Kier alpha value is -3.78. The molecular formula is C32H40N4O8. The number of aromatic amines is 2. The Balaban J connectivity index is 1.15. The summed E-state index contributed by atoms with van der Waals surface area (Å²) in [4.78, 5) is 33.3. The van der Waals surface area contributed by atoms with Gasteiger partial charge in [0.25, 0.3) is 0 Å². The Kier molecular flexibility index (Phi) is 11.4. The van der Waals surface area contributed by atoms with Gasteiger partial charge in [-0.1, -0.05) is 24.3 Å². The predicted octanol–water partition coefficient (Wildman–Crippen LogP) is 2.16. The summed E-state index contributed by atoms with van der Waals surface area (Å²) in [6.45, 7) is 7.10. The lowest BCUT2D eigenvalue weighted by Crippen LogP contribution is -2.32. The van der Waals surface area contributed by atoms with Gasteiger partial charge >= 0.3 is 0 Å². The van der Waals surface area contributed by atoms with E-state index in [4.69, 9.17) is 18.9 Å². The number of H-pyrrole nitrogens is 2. The molecule has 5 rings (SSSR count). The first-order valence-electron chi connectivity index (χ1n) is 14.9. The number of hydrogen-bond acceptors (Lipinski definition) is 10. The standard InChI is InChI=1S/C32H40N4O8/c37-27-7-5-23-1-3-25(31(39)29(23)33-27)21-35-9-13-41-17-19-43-15-11-36(12-16-44-20-18-42-14-10-35)22-26-4-2-24-6-8-28(38)34-30(24)32(26)40/h1-8,39-40H,9-22H2,(H,33,37)(H,34,38). The molecule has 0 radical (unpaired) electrons. The minimum absolute atomic E-state index is 0.0723. The monoisotopic (exact) mass is 608 g/mol. The topological polar surface area (TPSA) is 150 Å². The van der Waals surface area contributed by atoms with Crippen LogP contribution in [0, 0.1) is 0 Å². The van der Waals surface area contributed by atoms with Crippen LogP contribution < -0.4 is 11.1 Å². The Bertz CT molecular complexity index is 1500. The van der Waals surface area contributed by atoms with Gasteiger partial charge < -0.3 is 39.1 Å². The van der Waals surface area contributed by atoms with E-state index in [0.29, 0.717) is 114 Å². The summed E-state index contributed by atoms with van der Waals surface area (Å²) in [7, 11) is 0. The lowest BCUT2D eigenvalue weighted by Gasteiger charge is -2.24. The SMILES string of the molecule is O=c1ccc2ccc(CN3CCOCCOCCN(Cc4ccc5ccc(=O)[nH]c5c4O)CCOCCOCC3)c(O)c2[nH]1. The molecule has 1 aliphatic rings. The van der Waals surface area contributed by atoms with Crippen LogP contribution in [0.25, 0.3) is 21.8 Å². The Morgan fingerprint density at radius 3 is 1.23 bits per heavy atom. The van der Waals surface area contributed by atoms with Crippen molar-refractivity contribution < 1.29 is 29.2 Å². The fraction of sp³-hybridized carbons (Fsp3) is 0.438. The van der Waals surface area contributed by atoms with Gasteiger partial charge in [0.15, 0.2) is 0 Å². The molecule has 4 N–H and O–H groups in total. The average molecular weight is 609 g/mol. The number of rotatable bonds is 4. The molecule has 44 heavy (non-hydrogen) atoms. The van der Waals surface area contributed by atoms with Gasteiger partial charge in [-0.25, -0.2) is 0 Å². The maximum absolute atomic E-state index is 11.8. The second kappa shape index (κ2) is 15.8. The molecule has 12 heteroatoms. The van der Waals surface area contributed by atoms with Crippen molar-refractivity contribution in [3.05, 3.63) is 80.4 Å². The van der Waals surface area contributed by atoms with Crippen LogP contribution >= 0.6 is 0 Å². The van der Waals surface area contributed by atoms with E-state index in [1.807, 2.05) is 24.3 Å². The fourth-order valence-electron chi connectivity index (χ4n) is 5.20. The summed E-state index contributed by atoms with van der Waals surface area (Å²) in [6, 6.07) is 13.8. The van der Waals surface area contributed by atoms with Crippen molar-refractivity contribution in [1.82, 2.24) is 19.8 Å². The van der Waals surface area contributed by atoms with Gasteiger partial charge in [0.1, 0.15) is 11.5 Å². The molecule has 12 nitrogen and oxygen atoms in total. The van der Waals surface area contributed by atoms with E-state index in [0.717, 1.165) is 10.8 Å². The van der Waals surface area contributed by atoms with E-state index in [1.165, 1.54) is 12.1 Å². The van der Waals surface area contributed by atoms with Gasteiger partial charge in [0.05, 0.1) is 63.9 Å². The zero-order valence-electron chi connectivity index (χ0n) is 24.8. The molecule has 0 bridgehead atoms. The Morgan fingerprint density at radius 1 is 0.523 bits per heavy atom. The summed E-state index contributed by atoms with van der Waals surface area (Å²) in [5.74, 6) is 0.145. The molecule has 2 aromatic carbocycles. The van der Waals surface area contributed by atoms with Crippen LogP contribution in [0.1, 0.15) is 11.1 Å². The number of phenols is 2. The maximum atomic E-state index is 11.8. The molecule has 0 atom stereocenters. The third kappa shape index (κ3) is 8.65. The smallest absolute Gasteiger partial charge is 0.248 e. The molecule has 2 aromatic heterocycles. The number of phenolic OH excluding ortho intramolecular Hbond substituents is 2. The number of aromatic nitrogens is 2. The molecule has 236 valence electrons. The molecule has 1 fully saturated rings. The van der Waals surface area contributed by atoms with Crippen molar-refractivity contribution in [1.29, 1.82) is 0 Å². The van der Waals surface area contributed by atoms with Gasteiger partial charge in [-0.3, -0.25) is 19.4 Å². The van der Waals surface area contributed by atoms with Crippen molar-refractivity contribution in [2.75, 3.05) is 79.0 Å². The number of ether oxygens (including phenoxy) is 4. The molecule has 0 saturated carbocycles. The molecular weight excluding hydrogens is 568 g/mol. The largest absolute Gasteiger partial charge is 0.505 e. The maximum Gasteiger partial charge on any atom is 0.248 e. The molecule has 4 aromatic rings. The molecule has 0 aliphatic carbocycles. The van der Waals surface area contributed by atoms with E-state index in [2.05, 4.69) is 19.8 Å². The highest BCUT2D eigenvalue weighted by Gasteiger charge is 2.15. The van der Waals surface area contributed by atoms with Gasteiger partial charge in [0, 0.05) is 73.3 Å². The number of nitrogens with zero attached hydrogens (tertiary/aromatic N) is 2. The number of pyridine rings is 2. The van der Waals surface area contributed by atoms with Gasteiger partial charge in [-0.2, -0.15) is 0 Å². The number of nitrogens with one attached hydrogen (secondary N) is 2. The number of aromatic hydroxyl groups is 2. The minimum Gasteiger partial charge on any atom is -0.505 e. The van der Waals surface area contributed by atoms with E-state index >= 15 is 0 Å². The van der Waals surface area contributed by atoms with Crippen LogP contribution in [0.2, 0.25) is 0 Å². The number of hydrogen-bond donors (Lipinski definition) is 4. The van der Waals surface area contributed by atoms with Crippen molar-refractivity contribution in [2.45, 2.75) is 13.1 Å². The van der Waals surface area contributed by atoms with Gasteiger partial charge in [-0.15, -0.1) is 0 Å². The van der Waals surface area contributed by atoms with Crippen LogP contribution in [-0.2, 0) is 32.0 Å². The quantitative estimate of drug-likeness (QED) is 0.272. The average Bonchev–Trinajstić information content (AvgIpc) is 3.02. The zero-order chi connectivity index (χ0) is 30.7. The molecule has 1 saturated heterocycles. The first-order valence-corrected chi connectivity index (χ1v) is 14.9. The van der Waals surface area contributed by atoms with Crippen LogP contribution in [0.3, 0.4) is 0 Å². The van der Waals surface area contributed by atoms with Crippen LogP contribution in [0.15, 0.2) is 58.1 Å². The predicted molar refractivity (Wildman–Crippen MR) is 166 cm³/mol. The first kappa shape index (κ1) is 31.6. The lowest BCUT2D eigenvalue weighted by molar-refractivity contribution is 0.00612. The van der Waals surface area contributed by atoms with Crippen molar-refractivity contribution in [3.63, 3.8) is 0 Å². The van der Waals surface area contributed by atoms with E-state index in [-0.39, 0.29) is 22.6 Å². The second-order valence-corrected chi connectivity index (χ2v) is 10.7. The van der Waals surface area contributed by atoms with E-state index in [9.17, 15) is 19.8 Å². The van der Waals surface area contributed by atoms with E-state index < -0.39 is 0 Å². The molecule has 0 unspecified atom stereocenters. The summed E-state index contributed by atoms with van der Waals surface area (Å²) in [6.07, 6.45) is 0. The first-order chi connectivity index (χ1) is 21.5. The summed E-state index contributed by atoms with van der Waals surface area (Å²) < 4.78 is 23.4. The van der Waals surface area contributed by atoms with Gasteiger partial charge in [0.2, 0.25) is 11.1 Å². The summed E-state index contributed by atoms with van der Waals surface area (Å²) in [5.41, 5.74) is 1.77. The number of benzene rings is 2. The van der Waals surface area contributed by atoms with Crippen LogP contribution in [0.4, 0.5) is 0 Å². The summed E-state index contributed by atoms with van der Waals surface area (Å²) >= 11 is 0. The van der Waals surface area contributed by atoms with Crippen molar-refractivity contribution in [3.8, 4) is 11.5 Å². The molecule has 0 amide bonds. The zero-order valence-corrected chi connectivity index (χ0v) is 24.8. The lowest BCUT2D eigenvalue weighted by atomic mass is 10.1. The van der Waals surface area contributed by atoms with Crippen molar-refractivity contribution >= 4 is 21.8 Å². The normalized spacial score (nSPS) is 17.8. The van der Waals surface area contributed by atoms with Crippen LogP contribution in [-0.4, -0.2) is 109 Å². The summed E-state index contributed by atoms with van der Waals surface area (Å²) in [5, 5.41) is 23.2. The van der Waals surface area contributed by atoms with Crippen LogP contribution in [0.5, 0.6) is 11.5 Å². The third-order valence-corrected chi connectivity index (χ3v) is 7.65. The highest BCUT2D eigenvalue weighted by atomic mass is 16.5. The molecule has 0 spiro atoms. The Morgan fingerprint density at radius 2 is 0.864 bits per heavy atom. The second-order valence-electron chi connectivity index (χ2n) is 10.7. The van der Waals surface area contributed by atoms with Gasteiger partial charge in [-0.05, 0) is 12.1 Å². The van der Waals surface area contributed by atoms with Crippen molar-refractivity contribution in [2.24, 2.45) is 0 Å². The molecule has 1 aliphatic heterocycles. The molecule has 3 heterocycles. The third-order valence-electron chi connectivity index (χ3n) is 7.65. The highest BCUT2D eigenvalue weighted by Crippen LogP contribution is 2.28. The highest BCUT2D eigenvalue weighted by molar-refractivity contribution is 5.86. The Labute approximate surface area is 254 Å². The number of fused-ring (bicyclic) bond motifs is 2. The van der Waals surface area contributed by atoms with E-state index in [1.54, 1.807) is 12.1 Å².